The second-order valence-electron chi connectivity index (χ2n) is 5.55. The Morgan fingerprint density at radius 1 is 0.938 bits per heavy atom. The first-order valence-electron chi connectivity index (χ1n) is 6.85. The van der Waals surface area contributed by atoms with Crippen molar-refractivity contribution in [1.82, 2.24) is 9.80 Å². The molecule has 2 heterocycles. The third-order valence-electron chi connectivity index (χ3n) is 4.58. The molecule has 3 nitrogen and oxygen atoms in total. The average Bonchev–Trinajstić information content (AvgIpc) is 2.75. The second-order valence-corrected chi connectivity index (χ2v) is 5.55. The van der Waals surface area contributed by atoms with E-state index < -0.39 is 0 Å². The van der Waals surface area contributed by atoms with Crippen LogP contribution in [0.2, 0.25) is 0 Å². The van der Waals surface area contributed by atoms with Crippen LogP contribution in [0.1, 0.15) is 38.5 Å². The quantitative estimate of drug-likeness (QED) is 0.667. The number of ketones is 1. The lowest BCUT2D eigenvalue weighted by Crippen LogP contribution is -2.57. The number of fused-ring (bicyclic) bond motifs is 1. The van der Waals surface area contributed by atoms with Crippen molar-refractivity contribution in [3.05, 3.63) is 0 Å². The van der Waals surface area contributed by atoms with Gasteiger partial charge < -0.3 is 0 Å². The minimum atomic E-state index is 0.282. The van der Waals surface area contributed by atoms with Gasteiger partial charge in [-0.2, -0.15) is 0 Å². The van der Waals surface area contributed by atoms with Gasteiger partial charge in [-0.3, -0.25) is 14.6 Å². The predicted octanol–water partition coefficient (Wildman–Crippen LogP) is 1.28. The van der Waals surface area contributed by atoms with E-state index in [0.29, 0.717) is 5.78 Å². The lowest BCUT2D eigenvalue weighted by atomic mass is 9.98. The summed E-state index contributed by atoms with van der Waals surface area (Å²) in [5.74, 6) is 0.504. The van der Waals surface area contributed by atoms with E-state index in [4.69, 9.17) is 0 Å². The first-order chi connectivity index (χ1) is 7.84. The van der Waals surface area contributed by atoms with Crippen LogP contribution in [0.5, 0.6) is 0 Å². The number of rotatable bonds is 1. The van der Waals surface area contributed by atoms with Crippen molar-refractivity contribution >= 4 is 5.78 Å². The molecule has 0 N–H and O–H groups in total. The molecule has 2 atom stereocenters. The van der Waals surface area contributed by atoms with Gasteiger partial charge in [0.1, 0.15) is 5.78 Å². The van der Waals surface area contributed by atoms with Gasteiger partial charge in [0.25, 0.3) is 0 Å². The van der Waals surface area contributed by atoms with Gasteiger partial charge in [0.2, 0.25) is 0 Å². The first-order valence-corrected chi connectivity index (χ1v) is 6.85. The van der Waals surface area contributed by atoms with E-state index in [1.807, 2.05) is 0 Å². The van der Waals surface area contributed by atoms with Crippen molar-refractivity contribution in [2.75, 3.05) is 26.2 Å². The topological polar surface area (TPSA) is 23.6 Å². The Morgan fingerprint density at radius 3 is 2.62 bits per heavy atom. The smallest absolute Gasteiger partial charge is 0.149 e. The van der Waals surface area contributed by atoms with Crippen LogP contribution in [0.25, 0.3) is 0 Å². The van der Waals surface area contributed by atoms with Crippen LogP contribution >= 0.6 is 0 Å². The monoisotopic (exact) mass is 222 g/mol. The largest absolute Gasteiger partial charge is 0.298 e. The maximum absolute atomic E-state index is 11.8. The van der Waals surface area contributed by atoms with E-state index in [9.17, 15) is 4.79 Å². The molecule has 1 aliphatic carbocycles. The number of nitrogens with zero attached hydrogens (tertiary/aromatic N) is 2. The Bertz CT molecular complexity index is 279. The maximum Gasteiger partial charge on any atom is 0.149 e. The van der Waals surface area contributed by atoms with Crippen LogP contribution in [0.15, 0.2) is 0 Å². The second kappa shape index (κ2) is 4.46. The molecule has 3 fully saturated rings. The van der Waals surface area contributed by atoms with Gasteiger partial charge in [0.05, 0.1) is 6.04 Å². The molecule has 16 heavy (non-hydrogen) atoms. The van der Waals surface area contributed by atoms with Crippen molar-refractivity contribution in [1.29, 1.82) is 0 Å². The molecule has 90 valence electrons. The fourth-order valence-corrected chi connectivity index (χ4v) is 3.65. The third kappa shape index (κ3) is 1.91. The van der Waals surface area contributed by atoms with E-state index in [0.717, 1.165) is 38.4 Å². The standard InChI is InChI=1S/C13H22N2O/c16-13-6-3-5-12(13)15-9-8-14-7-2-1-4-11(14)10-15/h11-12H,1-10H2. The number of piperidine rings is 1. The maximum atomic E-state index is 11.8. The Kier molecular flexibility index (Phi) is 2.99. The van der Waals surface area contributed by atoms with Crippen LogP contribution in [0, 0.1) is 0 Å². The Balaban J connectivity index is 1.63. The van der Waals surface area contributed by atoms with E-state index in [2.05, 4.69) is 9.80 Å². The number of hydrogen-bond donors (Lipinski definition) is 0. The molecule has 2 aliphatic heterocycles. The minimum Gasteiger partial charge on any atom is -0.298 e. The molecule has 0 bridgehead atoms. The van der Waals surface area contributed by atoms with Crippen LogP contribution < -0.4 is 0 Å². The summed E-state index contributed by atoms with van der Waals surface area (Å²) in [7, 11) is 0. The molecule has 0 spiro atoms. The fourth-order valence-electron chi connectivity index (χ4n) is 3.65. The molecular formula is C13H22N2O. The summed E-state index contributed by atoms with van der Waals surface area (Å²) in [4.78, 5) is 16.9. The highest BCUT2D eigenvalue weighted by Gasteiger charge is 2.36. The fraction of sp³-hybridized carbons (Fsp3) is 0.923. The highest BCUT2D eigenvalue weighted by Crippen LogP contribution is 2.26. The van der Waals surface area contributed by atoms with Crippen molar-refractivity contribution < 1.29 is 4.79 Å². The van der Waals surface area contributed by atoms with E-state index in [1.54, 1.807) is 0 Å². The molecule has 3 aliphatic rings. The van der Waals surface area contributed by atoms with Gasteiger partial charge in [0.15, 0.2) is 0 Å². The minimum absolute atomic E-state index is 0.282. The van der Waals surface area contributed by atoms with Gasteiger partial charge in [-0.25, -0.2) is 0 Å². The number of piperazine rings is 1. The summed E-state index contributed by atoms with van der Waals surface area (Å²) < 4.78 is 0. The van der Waals surface area contributed by atoms with Crippen molar-refractivity contribution in [2.24, 2.45) is 0 Å². The normalized spacial score (nSPS) is 37.6. The molecule has 2 saturated heterocycles. The zero-order chi connectivity index (χ0) is 11.0. The Hall–Kier alpha value is -0.410. The number of carbonyl (C=O) groups is 1. The highest BCUT2D eigenvalue weighted by atomic mass is 16.1. The molecule has 3 heteroatoms. The van der Waals surface area contributed by atoms with Crippen molar-refractivity contribution in [3.8, 4) is 0 Å². The summed E-state index contributed by atoms with van der Waals surface area (Å²) in [6.07, 6.45) is 7.17. The summed E-state index contributed by atoms with van der Waals surface area (Å²) in [6, 6.07) is 1.03. The number of carbonyl (C=O) groups excluding carboxylic acids is 1. The van der Waals surface area contributed by atoms with Crippen LogP contribution in [0.4, 0.5) is 0 Å². The SMILES string of the molecule is O=C1CCCC1N1CCN2CCCCC2C1. The molecular weight excluding hydrogens is 200 g/mol. The lowest BCUT2D eigenvalue weighted by Gasteiger charge is -2.45. The van der Waals surface area contributed by atoms with Crippen molar-refractivity contribution in [2.45, 2.75) is 50.6 Å². The molecule has 0 aromatic heterocycles. The van der Waals surface area contributed by atoms with Crippen LogP contribution in [0.3, 0.4) is 0 Å². The highest BCUT2D eigenvalue weighted by molar-refractivity contribution is 5.85. The molecule has 0 amide bonds. The third-order valence-corrected chi connectivity index (χ3v) is 4.58. The van der Waals surface area contributed by atoms with E-state index >= 15 is 0 Å². The molecule has 0 aromatic rings. The van der Waals surface area contributed by atoms with E-state index in [1.165, 1.54) is 32.4 Å². The number of Topliss-reactive ketones (excluding diaryl/α,β-unsaturated/α-hetero) is 1. The Labute approximate surface area is 97.8 Å². The molecule has 3 rings (SSSR count). The summed E-state index contributed by atoms with van der Waals surface area (Å²) in [5, 5.41) is 0. The van der Waals surface area contributed by atoms with Crippen LogP contribution in [-0.4, -0.2) is 53.8 Å². The molecule has 0 aromatic carbocycles. The van der Waals surface area contributed by atoms with Gasteiger partial charge in [-0.1, -0.05) is 6.42 Å². The van der Waals surface area contributed by atoms with Gasteiger partial charge >= 0.3 is 0 Å². The average molecular weight is 222 g/mol. The molecule has 0 radical (unpaired) electrons. The molecule has 1 saturated carbocycles. The number of hydrogen-bond acceptors (Lipinski definition) is 3. The van der Waals surface area contributed by atoms with Crippen LogP contribution in [-0.2, 0) is 4.79 Å². The van der Waals surface area contributed by atoms with Gasteiger partial charge in [-0.15, -0.1) is 0 Å². The zero-order valence-electron chi connectivity index (χ0n) is 10.0. The first kappa shape index (κ1) is 10.7. The summed E-state index contributed by atoms with van der Waals surface area (Å²) in [6.45, 7) is 4.74. The predicted molar refractivity (Wildman–Crippen MR) is 63.4 cm³/mol. The van der Waals surface area contributed by atoms with Gasteiger partial charge in [-0.05, 0) is 32.2 Å². The lowest BCUT2D eigenvalue weighted by molar-refractivity contribution is -0.123. The van der Waals surface area contributed by atoms with Crippen molar-refractivity contribution in [3.63, 3.8) is 0 Å². The zero-order valence-corrected chi connectivity index (χ0v) is 10.0. The summed E-state index contributed by atoms with van der Waals surface area (Å²) in [5.41, 5.74) is 0. The van der Waals surface area contributed by atoms with Gasteiger partial charge in [0, 0.05) is 32.1 Å². The Morgan fingerprint density at radius 2 is 1.81 bits per heavy atom. The van der Waals surface area contributed by atoms with E-state index in [-0.39, 0.29) is 6.04 Å². The summed E-state index contributed by atoms with van der Waals surface area (Å²) >= 11 is 0. The molecule has 2 unspecified atom stereocenters.